The van der Waals surface area contributed by atoms with Crippen LogP contribution in [-0.2, 0) is 20.8 Å². The van der Waals surface area contributed by atoms with E-state index in [0.29, 0.717) is 36.5 Å². The monoisotopic (exact) mass is 650 g/mol. The van der Waals surface area contributed by atoms with Crippen LogP contribution in [0.3, 0.4) is 0 Å². The summed E-state index contributed by atoms with van der Waals surface area (Å²) in [6.07, 6.45) is 0.179. The molecule has 0 saturated heterocycles. The largest absolute Gasteiger partial charge is 0.495 e. The van der Waals surface area contributed by atoms with Crippen LogP contribution in [0.5, 0.6) is 23.0 Å². The highest BCUT2D eigenvalue weighted by Gasteiger charge is 2.28. The predicted molar refractivity (Wildman–Crippen MR) is 179 cm³/mol. The van der Waals surface area contributed by atoms with Crippen molar-refractivity contribution in [2.45, 2.75) is 91.3 Å². The van der Waals surface area contributed by atoms with Crippen LogP contribution in [0.4, 0.5) is 0 Å². The number of hydrogen-bond acceptors (Lipinski definition) is 8. The van der Waals surface area contributed by atoms with E-state index in [1.807, 2.05) is 6.92 Å². The Hall–Kier alpha value is -2.42. The molecule has 2 aromatic rings. The van der Waals surface area contributed by atoms with E-state index in [1.54, 1.807) is 24.3 Å². The Kier molecular flexibility index (Phi) is 14.9. The van der Waals surface area contributed by atoms with Gasteiger partial charge in [0.25, 0.3) is 0 Å². The molecule has 0 fully saturated rings. The van der Waals surface area contributed by atoms with Crippen LogP contribution in [0, 0.1) is 12.8 Å². The summed E-state index contributed by atoms with van der Waals surface area (Å²) in [6, 6.07) is 8.93. The topological polar surface area (TPSA) is 113 Å². The minimum Gasteiger partial charge on any atom is -0.495 e. The molecule has 0 amide bonds. The Morgan fingerprint density at radius 1 is 0.886 bits per heavy atom. The number of hydrogen-bond donors (Lipinski definition) is 2. The van der Waals surface area contributed by atoms with Crippen LogP contribution < -0.4 is 14.2 Å². The number of rotatable bonds is 20. The van der Waals surface area contributed by atoms with Gasteiger partial charge in [-0.15, -0.1) is 0 Å². The van der Waals surface area contributed by atoms with Gasteiger partial charge >= 0.3 is 5.97 Å². The van der Waals surface area contributed by atoms with E-state index in [0.717, 1.165) is 17.7 Å². The second-order valence-corrected chi connectivity index (χ2v) is 25.2. The van der Waals surface area contributed by atoms with Gasteiger partial charge in [-0.3, -0.25) is 0 Å². The van der Waals surface area contributed by atoms with E-state index in [-0.39, 0.29) is 48.9 Å². The van der Waals surface area contributed by atoms with Gasteiger partial charge in [0.1, 0.15) is 23.9 Å². The van der Waals surface area contributed by atoms with Crippen molar-refractivity contribution in [1.29, 1.82) is 0 Å². The molecule has 0 spiro atoms. The third kappa shape index (κ3) is 12.5. The lowest BCUT2D eigenvalue weighted by Crippen LogP contribution is -2.22. The molecule has 11 heteroatoms. The molecule has 2 rings (SSSR count). The zero-order chi connectivity index (χ0) is 33.1. The van der Waals surface area contributed by atoms with Crippen molar-refractivity contribution in [2.24, 2.45) is 5.92 Å². The van der Waals surface area contributed by atoms with E-state index < -0.39 is 28.2 Å². The maximum absolute atomic E-state index is 12.7. The molecular weight excluding hydrogens is 597 g/mol. The molecule has 248 valence electrons. The molecule has 0 aliphatic rings. The molecule has 0 bridgehead atoms. The molecule has 9 nitrogen and oxygen atoms in total. The van der Waals surface area contributed by atoms with Crippen molar-refractivity contribution >= 4 is 22.1 Å². The third-order valence-corrected chi connectivity index (χ3v) is 10.3. The zero-order valence-electron chi connectivity index (χ0n) is 28.4. The summed E-state index contributed by atoms with van der Waals surface area (Å²) in [6.45, 7) is 20.7. The molecule has 0 saturated carbocycles. The number of carbonyl (C=O) groups is 1. The first-order valence-corrected chi connectivity index (χ1v) is 22.7. The summed E-state index contributed by atoms with van der Waals surface area (Å²) in [7, 11) is -1.07. The minimum atomic E-state index is -1.26. The van der Waals surface area contributed by atoms with Gasteiger partial charge in [-0.05, 0) is 61.2 Å². The third-order valence-electron chi connectivity index (χ3n) is 6.90. The van der Waals surface area contributed by atoms with Gasteiger partial charge in [-0.2, -0.15) is 0 Å². The molecule has 0 aliphatic carbocycles. The van der Waals surface area contributed by atoms with E-state index >= 15 is 0 Å². The van der Waals surface area contributed by atoms with E-state index in [9.17, 15) is 15.0 Å². The average molecular weight is 651 g/mol. The van der Waals surface area contributed by atoms with Crippen LogP contribution in [0.15, 0.2) is 24.3 Å². The molecule has 0 radical (unpaired) electrons. The number of aliphatic hydroxyl groups excluding tert-OH is 1. The van der Waals surface area contributed by atoms with Gasteiger partial charge in [0, 0.05) is 40.5 Å². The molecule has 44 heavy (non-hydrogen) atoms. The van der Waals surface area contributed by atoms with Crippen molar-refractivity contribution in [3.05, 3.63) is 46.5 Å². The number of carboxylic acid groups (broad SMARTS) is 1. The van der Waals surface area contributed by atoms with Gasteiger partial charge in [-0.25, -0.2) is 4.79 Å². The fourth-order valence-electron chi connectivity index (χ4n) is 4.43. The predicted octanol–water partition coefficient (Wildman–Crippen LogP) is 8.09. The standard InChI is InChI=1S/C33H54O9Si2/c1-23(2)17-28(40-21-38-13-15-43(5,6)7)26-11-12-27(30(33(35)36)32(26)37-4)42-31-25(20-34)18-24(3)19-29(31)41-22-39-14-16-44(8,9)10/h11-12,18-19,23,28,34H,13-17,20-22H2,1-10H3,(H,35,36)/t28-/m0/s1. The fraction of sp³-hybridized carbons (Fsp3) is 0.606. The second-order valence-electron chi connectivity index (χ2n) is 14.0. The molecule has 2 aromatic carbocycles. The average Bonchev–Trinajstić information content (AvgIpc) is 2.91. The Bertz CT molecular complexity index is 1200. The lowest BCUT2D eigenvalue weighted by molar-refractivity contribution is -0.0936. The van der Waals surface area contributed by atoms with E-state index in [1.165, 1.54) is 7.11 Å². The van der Waals surface area contributed by atoms with Crippen LogP contribution in [0.1, 0.15) is 53.4 Å². The Balaban J connectivity index is 2.42. The lowest BCUT2D eigenvalue weighted by Gasteiger charge is -2.25. The van der Waals surface area contributed by atoms with Crippen LogP contribution >= 0.6 is 0 Å². The quantitative estimate of drug-likeness (QED) is 0.0834. The van der Waals surface area contributed by atoms with Gasteiger partial charge in [-0.1, -0.05) is 53.1 Å². The number of aromatic carboxylic acids is 1. The van der Waals surface area contributed by atoms with Crippen molar-refractivity contribution in [3.63, 3.8) is 0 Å². The van der Waals surface area contributed by atoms with Gasteiger partial charge in [0.15, 0.2) is 18.3 Å². The van der Waals surface area contributed by atoms with Crippen molar-refractivity contribution < 1.29 is 43.4 Å². The molecular formula is C33H54O9Si2. The number of methoxy groups -OCH3 is 1. The lowest BCUT2D eigenvalue weighted by atomic mass is 9.96. The maximum atomic E-state index is 12.7. The highest BCUT2D eigenvalue weighted by atomic mass is 28.3. The number of benzene rings is 2. The summed E-state index contributed by atoms with van der Waals surface area (Å²) in [5.74, 6) is -0.187. The normalized spacial score (nSPS) is 12.8. The first-order valence-electron chi connectivity index (χ1n) is 15.3. The second kappa shape index (κ2) is 17.3. The molecule has 0 unspecified atom stereocenters. The Labute approximate surface area is 265 Å². The van der Waals surface area contributed by atoms with Crippen molar-refractivity contribution in [3.8, 4) is 23.0 Å². The Morgan fingerprint density at radius 3 is 2.02 bits per heavy atom. The summed E-state index contributed by atoms with van der Waals surface area (Å²) in [4.78, 5) is 12.7. The van der Waals surface area contributed by atoms with Crippen LogP contribution in [0.25, 0.3) is 0 Å². The minimum absolute atomic E-state index is 0.00254. The van der Waals surface area contributed by atoms with E-state index in [2.05, 4.69) is 53.1 Å². The van der Waals surface area contributed by atoms with E-state index in [4.69, 9.17) is 28.4 Å². The number of aliphatic hydroxyl groups is 1. The van der Waals surface area contributed by atoms with Crippen LogP contribution in [-0.4, -0.2) is 66.2 Å². The highest BCUT2D eigenvalue weighted by Crippen LogP contribution is 2.43. The van der Waals surface area contributed by atoms with Gasteiger partial charge in [0.2, 0.25) is 0 Å². The van der Waals surface area contributed by atoms with Crippen molar-refractivity contribution in [2.75, 3.05) is 33.9 Å². The first-order chi connectivity index (χ1) is 20.6. The Morgan fingerprint density at radius 2 is 1.50 bits per heavy atom. The van der Waals surface area contributed by atoms with Crippen LogP contribution in [0.2, 0.25) is 51.4 Å². The van der Waals surface area contributed by atoms with Crippen molar-refractivity contribution in [1.82, 2.24) is 0 Å². The van der Waals surface area contributed by atoms with Gasteiger partial charge in [0.05, 0.1) is 19.8 Å². The summed E-state index contributed by atoms with van der Waals surface area (Å²) < 4.78 is 35.6. The molecule has 0 heterocycles. The zero-order valence-corrected chi connectivity index (χ0v) is 30.4. The molecule has 0 aromatic heterocycles. The SMILES string of the molecule is COc1c([C@H](CC(C)C)OCOCC[Si](C)(C)C)ccc(Oc2c(CO)cc(C)cc2OCOCC[Si](C)(C)C)c1C(=O)O. The first kappa shape index (κ1) is 37.8. The molecule has 2 N–H and O–H groups in total. The molecule has 0 aliphatic heterocycles. The fourth-order valence-corrected chi connectivity index (χ4v) is 5.94. The smallest absolute Gasteiger partial charge is 0.343 e. The van der Waals surface area contributed by atoms with Gasteiger partial charge < -0.3 is 38.6 Å². The maximum Gasteiger partial charge on any atom is 0.343 e. The summed E-state index contributed by atoms with van der Waals surface area (Å²) in [5, 5.41) is 20.5. The number of aryl methyl sites for hydroxylation is 1. The molecule has 1 atom stereocenters. The highest BCUT2D eigenvalue weighted by molar-refractivity contribution is 6.76. The number of carboxylic acids is 1. The number of ether oxygens (including phenoxy) is 6. The summed E-state index contributed by atoms with van der Waals surface area (Å²) >= 11 is 0. The summed E-state index contributed by atoms with van der Waals surface area (Å²) in [5.41, 5.74) is 1.76.